The predicted molar refractivity (Wildman–Crippen MR) is 81.1 cm³/mol. The maximum Gasteiger partial charge on any atom is 0.348 e. The molecule has 0 saturated carbocycles. The van der Waals surface area contributed by atoms with Crippen LogP contribution < -0.4 is 0 Å². The molecule has 0 amide bonds. The number of nitrogens with zero attached hydrogens (tertiary/aromatic N) is 3. The first-order valence-electron chi connectivity index (χ1n) is 6.62. The minimum Gasteiger partial charge on any atom is -0.477 e. The van der Waals surface area contributed by atoms with Crippen LogP contribution in [0.5, 0.6) is 0 Å². The van der Waals surface area contributed by atoms with Crippen molar-refractivity contribution in [1.82, 2.24) is 15.1 Å². The van der Waals surface area contributed by atoms with E-state index in [1.165, 1.54) is 0 Å². The fraction of sp³-hybridized carbons (Fsp3) is 0.200. The highest BCUT2D eigenvalue weighted by Gasteiger charge is 2.21. The first kappa shape index (κ1) is 14.4. The average Bonchev–Trinajstić information content (AvgIpc) is 3.07. The fourth-order valence-electron chi connectivity index (χ4n) is 2.17. The van der Waals surface area contributed by atoms with Crippen LogP contribution in [0, 0.1) is 13.8 Å². The average molecular weight is 315 g/mol. The fourth-order valence-corrected chi connectivity index (χ4v) is 3.09. The Morgan fingerprint density at radius 1 is 1.36 bits per heavy atom. The summed E-state index contributed by atoms with van der Waals surface area (Å²) in [5.74, 6) is -0.271. The first-order chi connectivity index (χ1) is 10.6. The van der Waals surface area contributed by atoms with Crippen LogP contribution in [-0.4, -0.2) is 26.2 Å². The SMILES string of the molecule is Cc1noc(C)c1Cc1nc(-c2ccccn2)c(C(=O)O)s1. The van der Waals surface area contributed by atoms with Gasteiger partial charge in [-0.25, -0.2) is 9.78 Å². The molecular weight excluding hydrogens is 302 g/mol. The van der Waals surface area contributed by atoms with Crippen molar-refractivity contribution in [2.75, 3.05) is 0 Å². The van der Waals surface area contributed by atoms with Gasteiger partial charge in [-0.05, 0) is 26.0 Å². The Morgan fingerprint density at radius 3 is 2.77 bits per heavy atom. The highest BCUT2D eigenvalue weighted by molar-refractivity contribution is 7.14. The van der Waals surface area contributed by atoms with E-state index in [1.54, 1.807) is 24.4 Å². The third-order valence-electron chi connectivity index (χ3n) is 3.28. The largest absolute Gasteiger partial charge is 0.477 e. The Balaban J connectivity index is 2.03. The molecule has 22 heavy (non-hydrogen) atoms. The number of carbonyl (C=O) groups is 1. The quantitative estimate of drug-likeness (QED) is 0.795. The number of carboxylic acid groups (broad SMARTS) is 1. The molecule has 1 N–H and O–H groups in total. The zero-order valence-corrected chi connectivity index (χ0v) is 12.8. The summed E-state index contributed by atoms with van der Waals surface area (Å²) in [7, 11) is 0. The number of thiazole rings is 1. The molecule has 0 aliphatic carbocycles. The molecule has 0 bridgehead atoms. The van der Waals surface area contributed by atoms with Gasteiger partial charge in [-0.3, -0.25) is 4.98 Å². The lowest BCUT2D eigenvalue weighted by atomic mass is 10.1. The number of aryl methyl sites for hydroxylation is 2. The van der Waals surface area contributed by atoms with Crippen LogP contribution in [-0.2, 0) is 6.42 Å². The van der Waals surface area contributed by atoms with Crippen molar-refractivity contribution in [3.63, 3.8) is 0 Å². The summed E-state index contributed by atoms with van der Waals surface area (Å²) in [6, 6.07) is 5.34. The lowest BCUT2D eigenvalue weighted by Gasteiger charge is -1.97. The normalized spacial score (nSPS) is 10.8. The van der Waals surface area contributed by atoms with Gasteiger partial charge in [0.2, 0.25) is 0 Å². The zero-order valence-electron chi connectivity index (χ0n) is 12.0. The second-order valence-corrected chi connectivity index (χ2v) is 5.87. The summed E-state index contributed by atoms with van der Waals surface area (Å²) < 4.78 is 5.13. The van der Waals surface area contributed by atoms with Crippen molar-refractivity contribution >= 4 is 17.3 Å². The van der Waals surface area contributed by atoms with Crippen LogP contribution in [0.25, 0.3) is 11.4 Å². The maximum absolute atomic E-state index is 11.5. The lowest BCUT2D eigenvalue weighted by Crippen LogP contribution is -1.96. The predicted octanol–water partition coefficient (Wildman–Crippen LogP) is 3.10. The van der Waals surface area contributed by atoms with E-state index in [4.69, 9.17) is 4.52 Å². The van der Waals surface area contributed by atoms with Gasteiger partial charge in [0, 0.05) is 18.2 Å². The van der Waals surface area contributed by atoms with Crippen molar-refractivity contribution in [2.45, 2.75) is 20.3 Å². The molecule has 0 radical (unpaired) electrons. The van der Waals surface area contributed by atoms with Crippen LogP contribution in [0.3, 0.4) is 0 Å². The van der Waals surface area contributed by atoms with Crippen molar-refractivity contribution in [3.8, 4) is 11.4 Å². The summed E-state index contributed by atoms with van der Waals surface area (Å²) in [6.45, 7) is 3.69. The van der Waals surface area contributed by atoms with E-state index in [1.807, 2.05) is 13.8 Å². The van der Waals surface area contributed by atoms with Gasteiger partial charge in [0.25, 0.3) is 0 Å². The molecule has 0 fully saturated rings. The van der Waals surface area contributed by atoms with Crippen LogP contribution in [0.15, 0.2) is 28.9 Å². The summed E-state index contributed by atoms with van der Waals surface area (Å²) in [5, 5.41) is 14.0. The Morgan fingerprint density at radius 2 is 2.18 bits per heavy atom. The molecular formula is C15H13N3O3S. The van der Waals surface area contributed by atoms with Crippen LogP contribution in [0.1, 0.15) is 31.7 Å². The Bertz CT molecular complexity index is 804. The van der Waals surface area contributed by atoms with E-state index in [-0.39, 0.29) is 4.88 Å². The number of carboxylic acids is 1. The molecule has 0 spiro atoms. The molecule has 0 atom stereocenters. The van der Waals surface area contributed by atoms with E-state index in [0.717, 1.165) is 28.4 Å². The van der Waals surface area contributed by atoms with Crippen LogP contribution in [0.2, 0.25) is 0 Å². The summed E-state index contributed by atoms with van der Waals surface area (Å²) >= 11 is 1.16. The Labute approximate surface area is 130 Å². The Hall–Kier alpha value is -2.54. The number of rotatable bonds is 4. The second kappa shape index (κ2) is 5.69. The van der Waals surface area contributed by atoms with Gasteiger partial charge in [0.15, 0.2) is 0 Å². The molecule has 6 nitrogen and oxygen atoms in total. The molecule has 112 valence electrons. The smallest absolute Gasteiger partial charge is 0.348 e. The zero-order chi connectivity index (χ0) is 15.7. The molecule has 3 heterocycles. The van der Waals surface area contributed by atoms with E-state index in [0.29, 0.717) is 22.8 Å². The van der Waals surface area contributed by atoms with Crippen LogP contribution in [0.4, 0.5) is 0 Å². The van der Waals surface area contributed by atoms with E-state index in [2.05, 4.69) is 15.1 Å². The summed E-state index contributed by atoms with van der Waals surface area (Å²) in [6.07, 6.45) is 2.12. The molecule has 0 saturated heterocycles. The monoisotopic (exact) mass is 315 g/mol. The van der Waals surface area contributed by atoms with Crippen molar-refractivity contribution in [1.29, 1.82) is 0 Å². The molecule has 0 aliphatic heterocycles. The minimum atomic E-state index is -0.997. The molecule has 3 aromatic heterocycles. The van der Waals surface area contributed by atoms with Gasteiger partial charge in [-0.2, -0.15) is 0 Å². The van der Waals surface area contributed by atoms with Crippen LogP contribution >= 0.6 is 11.3 Å². The van der Waals surface area contributed by atoms with Gasteiger partial charge in [-0.15, -0.1) is 11.3 Å². The van der Waals surface area contributed by atoms with Gasteiger partial charge >= 0.3 is 5.97 Å². The van der Waals surface area contributed by atoms with Gasteiger partial charge in [0.1, 0.15) is 16.3 Å². The number of hydrogen-bond acceptors (Lipinski definition) is 6. The summed E-state index contributed by atoms with van der Waals surface area (Å²) in [5.41, 5.74) is 2.70. The summed E-state index contributed by atoms with van der Waals surface area (Å²) in [4.78, 5) is 20.3. The third-order valence-corrected chi connectivity index (χ3v) is 4.33. The molecule has 7 heteroatoms. The van der Waals surface area contributed by atoms with E-state index < -0.39 is 5.97 Å². The van der Waals surface area contributed by atoms with Crippen molar-refractivity contribution in [3.05, 3.63) is 51.3 Å². The highest BCUT2D eigenvalue weighted by Crippen LogP contribution is 2.29. The molecule has 0 unspecified atom stereocenters. The standard InChI is InChI=1S/C15H13N3O3S/c1-8-10(9(2)21-18-8)7-12-17-13(14(22-12)15(19)20)11-5-3-4-6-16-11/h3-6H,7H2,1-2H3,(H,19,20). The number of aromatic nitrogens is 3. The van der Waals surface area contributed by atoms with Gasteiger partial charge in [0.05, 0.1) is 16.4 Å². The lowest BCUT2D eigenvalue weighted by molar-refractivity contribution is 0.0702. The van der Waals surface area contributed by atoms with E-state index in [9.17, 15) is 9.90 Å². The topological polar surface area (TPSA) is 89.1 Å². The Kier molecular flexibility index (Phi) is 3.72. The molecule has 3 rings (SSSR count). The van der Waals surface area contributed by atoms with Gasteiger partial charge < -0.3 is 9.63 Å². The van der Waals surface area contributed by atoms with E-state index >= 15 is 0 Å². The van der Waals surface area contributed by atoms with Gasteiger partial charge in [-0.1, -0.05) is 11.2 Å². The highest BCUT2D eigenvalue weighted by atomic mass is 32.1. The number of aromatic carboxylic acids is 1. The number of pyridine rings is 1. The first-order valence-corrected chi connectivity index (χ1v) is 7.44. The molecule has 0 aliphatic rings. The molecule has 0 aromatic carbocycles. The number of hydrogen-bond donors (Lipinski definition) is 1. The minimum absolute atomic E-state index is 0.195. The molecule has 3 aromatic rings. The maximum atomic E-state index is 11.5. The van der Waals surface area contributed by atoms with Crippen molar-refractivity contribution < 1.29 is 14.4 Å². The third kappa shape index (κ3) is 2.62. The second-order valence-electron chi connectivity index (χ2n) is 4.78. The van der Waals surface area contributed by atoms with Crippen molar-refractivity contribution in [2.24, 2.45) is 0 Å².